The molecule has 0 radical (unpaired) electrons. The molecule has 1 heterocycles. The van der Waals surface area contributed by atoms with Gasteiger partial charge in [0.15, 0.2) is 15.4 Å². The Morgan fingerprint density at radius 1 is 1.08 bits per heavy atom. The summed E-state index contributed by atoms with van der Waals surface area (Å²) in [6.45, 7) is 3.74. The van der Waals surface area contributed by atoms with Gasteiger partial charge < -0.3 is 4.42 Å². The van der Waals surface area contributed by atoms with E-state index in [9.17, 15) is 17.6 Å². The monoisotopic (exact) mass is 349 g/mol. The Bertz CT molecular complexity index is 1090. The van der Waals surface area contributed by atoms with E-state index >= 15 is 0 Å². The first-order chi connectivity index (χ1) is 11.2. The van der Waals surface area contributed by atoms with Crippen LogP contribution >= 0.6 is 0 Å². The molecule has 0 unspecified atom stereocenters. The topological polar surface area (TPSA) is 69.3 Å². The van der Waals surface area contributed by atoms with Crippen LogP contribution in [0.15, 0.2) is 44.4 Å². The van der Waals surface area contributed by atoms with Crippen molar-refractivity contribution < 1.29 is 17.2 Å². The van der Waals surface area contributed by atoms with Gasteiger partial charge in [0.1, 0.15) is 10.7 Å². The lowest BCUT2D eigenvalue weighted by Gasteiger charge is -2.08. The van der Waals surface area contributed by atoms with E-state index in [-0.39, 0.29) is 16.9 Å². The lowest BCUT2D eigenvalue weighted by molar-refractivity contribution is 0.526. The summed E-state index contributed by atoms with van der Waals surface area (Å²) >= 11 is 0. The molecule has 0 aliphatic rings. The van der Waals surface area contributed by atoms with Crippen molar-refractivity contribution in [2.75, 3.05) is 0 Å². The molecule has 0 aliphatic heterocycles. The van der Waals surface area contributed by atoms with Gasteiger partial charge in [-0.1, -0.05) is 29.3 Å². The molecule has 5 nitrogen and oxygen atoms in total. The number of oxazole rings is 1. The summed E-state index contributed by atoms with van der Waals surface area (Å²) in [4.78, 5) is 11.0. The van der Waals surface area contributed by atoms with Gasteiger partial charge in [0.2, 0.25) is 0 Å². The van der Waals surface area contributed by atoms with E-state index in [2.05, 4.69) is 0 Å². The first-order valence-corrected chi connectivity index (χ1v) is 8.91. The molecule has 0 amide bonds. The second-order valence-electron chi connectivity index (χ2n) is 5.93. The standard InChI is InChI=1S/C17H16FNO4S/c1-10-4-11(2)6-12(5-10)9-24(21,22)16-8-15-14(7-13(16)18)19(3)17(20)23-15/h4-8H,9H2,1-3H3. The number of sulfone groups is 1. The van der Waals surface area contributed by atoms with Crippen LogP contribution in [0.2, 0.25) is 0 Å². The first-order valence-electron chi connectivity index (χ1n) is 7.26. The number of fused-ring (bicyclic) bond motifs is 1. The lowest BCUT2D eigenvalue weighted by atomic mass is 10.1. The Morgan fingerprint density at radius 2 is 1.71 bits per heavy atom. The molecule has 0 bridgehead atoms. The van der Waals surface area contributed by atoms with Crippen molar-refractivity contribution >= 4 is 20.9 Å². The zero-order valence-electron chi connectivity index (χ0n) is 13.5. The zero-order valence-corrected chi connectivity index (χ0v) is 14.3. The molecule has 0 N–H and O–H groups in total. The molecule has 126 valence electrons. The fraction of sp³-hybridized carbons (Fsp3) is 0.235. The first kappa shape index (κ1) is 16.4. The van der Waals surface area contributed by atoms with Gasteiger partial charge in [-0.05, 0) is 19.4 Å². The van der Waals surface area contributed by atoms with Crippen molar-refractivity contribution in [3.63, 3.8) is 0 Å². The Balaban J connectivity index is 2.11. The minimum Gasteiger partial charge on any atom is -0.408 e. The van der Waals surface area contributed by atoms with Crippen molar-refractivity contribution in [1.82, 2.24) is 4.57 Å². The number of nitrogens with zero attached hydrogens (tertiary/aromatic N) is 1. The van der Waals surface area contributed by atoms with E-state index in [0.29, 0.717) is 5.56 Å². The van der Waals surface area contributed by atoms with Crippen molar-refractivity contribution in [3.05, 3.63) is 63.4 Å². The molecule has 3 aromatic rings. The highest BCUT2D eigenvalue weighted by molar-refractivity contribution is 7.90. The van der Waals surface area contributed by atoms with Crippen LogP contribution in [0.1, 0.15) is 16.7 Å². The third-order valence-corrected chi connectivity index (χ3v) is 5.52. The molecule has 0 spiro atoms. The number of hydrogen-bond acceptors (Lipinski definition) is 4. The van der Waals surface area contributed by atoms with Crippen molar-refractivity contribution in [2.24, 2.45) is 7.05 Å². The summed E-state index contributed by atoms with van der Waals surface area (Å²) in [6, 6.07) is 7.52. The Hall–Kier alpha value is -2.41. The van der Waals surface area contributed by atoms with Crippen LogP contribution in [-0.2, 0) is 22.6 Å². The minimum atomic E-state index is -3.92. The van der Waals surface area contributed by atoms with Gasteiger partial charge in [-0.15, -0.1) is 0 Å². The maximum absolute atomic E-state index is 14.3. The third kappa shape index (κ3) is 2.87. The lowest BCUT2D eigenvalue weighted by Crippen LogP contribution is -2.09. The van der Waals surface area contributed by atoms with Gasteiger partial charge in [-0.25, -0.2) is 17.6 Å². The van der Waals surface area contributed by atoms with Crippen LogP contribution < -0.4 is 5.76 Å². The summed E-state index contributed by atoms with van der Waals surface area (Å²) < 4.78 is 45.6. The number of aryl methyl sites for hydroxylation is 3. The van der Waals surface area contributed by atoms with Crippen molar-refractivity contribution in [2.45, 2.75) is 24.5 Å². The molecule has 1 aromatic heterocycles. The number of hydrogen-bond donors (Lipinski definition) is 0. The molecule has 0 atom stereocenters. The second-order valence-corrected chi connectivity index (χ2v) is 7.89. The smallest absolute Gasteiger partial charge is 0.408 e. The third-order valence-electron chi connectivity index (χ3n) is 3.82. The van der Waals surface area contributed by atoms with Crippen molar-refractivity contribution in [1.29, 1.82) is 0 Å². The molecular weight excluding hydrogens is 333 g/mol. The van der Waals surface area contributed by atoms with E-state index in [1.165, 1.54) is 7.05 Å². The molecule has 0 aliphatic carbocycles. The van der Waals surface area contributed by atoms with Crippen LogP contribution in [0.5, 0.6) is 0 Å². The number of rotatable bonds is 3. The van der Waals surface area contributed by atoms with Gasteiger partial charge in [-0.2, -0.15) is 0 Å². The van der Waals surface area contributed by atoms with Crippen LogP contribution in [-0.4, -0.2) is 13.0 Å². The Morgan fingerprint density at radius 3 is 2.33 bits per heavy atom. The number of benzene rings is 2. The molecule has 2 aromatic carbocycles. The van der Waals surface area contributed by atoms with E-state index in [0.717, 1.165) is 27.8 Å². The molecule has 0 saturated carbocycles. The maximum Gasteiger partial charge on any atom is 0.419 e. The molecule has 0 saturated heterocycles. The molecular formula is C17H16FNO4S. The fourth-order valence-electron chi connectivity index (χ4n) is 2.82. The van der Waals surface area contributed by atoms with Crippen LogP contribution in [0.25, 0.3) is 11.1 Å². The van der Waals surface area contributed by atoms with E-state index in [4.69, 9.17) is 4.42 Å². The highest BCUT2D eigenvalue weighted by Crippen LogP contribution is 2.25. The van der Waals surface area contributed by atoms with E-state index in [1.807, 2.05) is 19.9 Å². The summed E-state index contributed by atoms with van der Waals surface area (Å²) in [5, 5.41) is 0. The summed E-state index contributed by atoms with van der Waals surface area (Å²) in [7, 11) is -2.49. The average molecular weight is 349 g/mol. The van der Waals surface area contributed by atoms with Gasteiger partial charge in [0.25, 0.3) is 0 Å². The van der Waals surface area contributed by atoms with Gasteiger partial charge >= 0.3 is 5.76 Å². The molecule has 0 fully saturated rings. The molecule has 7 heteroatoms. The Labute approximate surface area is 138 Å². The van der Waals surface area contributed by atoms with E-state index in [1.54, 1.807) is 12.1 Å². The average Bonchev–Trinajstić information content (AvgIpc) is 2.71. The fourth-order valence-corrected chi connectivity index (χ4v) is 4.22. The van der Waals surface area contributed by atoms with E-state index < -0.39 is 26.3 Å². The van der Waals surface area contributed by atoms with Gasteiger partial charge in [-0.3, -0.25) is 4.57 Å². The van der Waals surface area contributed by atoms with Gasteiger partial charge in [0, 0.05) is 19.2 Å². The highest BCUT2D eigenvalue weighted by Gasteiger charge is 2.23. The van der Waals surface area contributed by atoms with Gasteiger partial charge in [0.05, 0.1) is 11.3 Å². The van der Waals surface area contributed by atoms with Crippen LogP contribution in [0.3, 0.4) is 0 Å². The molecule has 24 heavy (non-hydrogen) atoms. The zero-order chi connectivity index (χ0) is 17.6. The SMILES string of the molecule is Cc1cc(C)cc(CS(=O)(=O)c2cc3oc(=O)n(C)c3cc2F)c1. The summed E-state index contributed by atoms with van der Waals surface area (Å²) in [5.74, 6) is -1.90. The summed E-state index contributed by atoms with van der Waals surface area (Å²) in [6.07, 6.45) is 0. The quantitative estimate of drug-likeness (QED) is 0.729. The molecule has 3 rings (SSSR count). The van der Waals surface area contributed by atoms with Crippen molar-refractivity contribution in [3.8, 4) is 0 Å². The highest BCUT2D eigenvalue weighted by atomic mass is 32.2. The predicted octanol–water partition coefficient (Wildman–Crippen LogP) is 2.86. The number of aromatic nitrogens is 1. The predicted molar refractivity (Wildman–Crippen MR) is 88.2 cm³/mol. The minimum absolute atomic E-state index is 0.0443. The maximum atomic E-state index is 14.3. The summed E-state index contributed by atoms with van der Waals surface area (Å²) in [5.41, 5.74) is 2.71. The largest absolute Gasteiger partial charge is 0.419 e. The Kier molecular flexibility index (Phi) is 3.83. The number of halogens is 1. The van der Waals surface area contributed by atoms with Crippen LogP contribution in [0.4, 0.5) is 4.39 Å². The normalized spacial score (nSPS) is 12.0. The van der Waals surface area contributed by atoms with Crippen LogP contribution in [0, 0.1) is 19.7 Å². The second kappa shape index (κ2) is 5.59.